The van der Waals surface area contributed by atoms with Crippen molar-refractivity contribution in [3.8, 4) is 0 Å². The third kappa shape index (κ3) is 4.16. The summed E-state index contributed by atoms with van der Waals surface area (Å²) in [5.41, 5.74) is 8.69. The summed E-state index contributed by atoms with van der Waals surface area (Å²) in [5, 5.41) is 0.415. The SMILES string of the molecule is COCCSC(C)C(N)c1ccc(C)cc1. The van der Waals surface area contributed by atoms with E-state index in [0.29, 0.717) is 5.25 Å². The Labute approximate surface area is 103 Å². The summed E-state index contributed by atoms with van der Waals surface area (Å²) in [6, 6.07) is 8.56. The normalized spacial score (nSPS) is 14.8. The number of thioether (sulfide) groups is 1. The lowest BCUT2D eigenvalue weighted by Crippen LogP contribution is -2.21. The van der Waals surface area contributed by atoms with Gasteiger partial charge in [0.05, 0.1) is 6.61 Å². The monoisotopic (exact) mass is 239 g/mol. The van der Waals surface area contributed by atoms with Crippen LogP contribution in [0.5, 0.6) is 0 Å². The molecule has 0 aliphatic carbocycles. The van der Waals surface area contributed by atoms with E-state index in [2.05, 4.69) is 38.1 Å². The van der Waals surface area contributed by atoms with Gasteiger partial charge in [0.1, 0.15) is 0 Å². The molecule has 2 nitrogen and oxygen atoms in total. The molecule has 0 aromatic heterocycles. The van der Waals surface area contributed by atoms with Gasteiger partial charge < -0.3 is 10.5 Å². The fourth-order valence-corrected chi connectivity index (χ4v) is 2.48. The molecule has 0 aliphatic heterocycles. The van der Waals surface area contributed by atoms with Gasteiger partial charge in [0, 0.05) is 24.2 Å². The van der Waals surface area contributed by atoms with Crippen LogP contribution in [0.3, 0.4) is 0 Å². The molecule has 1 rings (SSSR count). The molecule has 0 saturated heterocycles. The molecule has 1 aromatic carbocycles. The number of methoxy groups -OCH3 is 1. The van der Waals surface area contributed by atoms with Gasteiger partial charge in [0.25, 0.3) is 0 Å². The molecular formula is C13H21NOS. The molecule has 2 unspecified atom stereocenters. The topological polar surface area (TPSA) is 35.2 Å². The first-order chi connectivity index (χ1) is 7.65. The minimum atomic E-state index is 0.0995. The van der Waals surface area contributed by atoms with Gasteiger partial charge in [-0.05, 0) is 12.5 Å². The maximum absolute atomic E-state index is 6.21. The Morgan fingerprint density at radius 1 is 1.31 bits per heavy atom. The molecule has 2 atom stereocenters. The highest BCUT2D eigenvalue weighted by Gasteiger charge is 2.14. The second kappa shape index (κ2) is 6.94. The van der Waals surface area contributed by atoms with Gasteiger partial charge in [-0.15, -0.1) is 0 Å². The van der Waals surface area contributed by atoms with E-state index < -0.39 is 0 Å². The summed E-state index contributed by atoms with van der Waals surface area (Å²) in [4.78, 5) is 0. The molecule has 1 aromatic rings. The Kier molecular flexibility index (Phi) is 5.88. The van der Waals surface area contributed by atoms with Crippen molar-refractivity contribution >= 4 is 11.8 Å². The molecule has 0 aliphatic rings. The highest BCUT2D eigenvalue weighted by Crippen LogP contribution is 2.24. The van der Waals surface area contributed by atoms with Gasteiger partial charge in [-0.3, -0.25) is 0 Å². The van der Waals surface area contributed by atoms with Crippen LogP contribution >= 0.6 is 11.8 Å². The maximum atomic E-state index is 6.21. The number of benzene rings is 1. The average Bonchev–Trinajstić information content (AvgIpc) is 2.29. The molecule has 3 heteroatoms. The largest absolute Gasteiger partial charge is 0.384 e. The Morgan fingerprint density at radius 2 is 1.94 bits per heavy atom. The highest BCUT2D eigenvalue weighted by atomic mass is 32.2. The molecule has 16 heavy (non-hydrogen) atoms. The van der Waals surface area contributed by atoms with Crippen LogP contribution in [0.15, 0.2) is 24.3 Å². The summed E-state index contributed by atoms with van der Waals surface area (Å²) in [6.45, 7) is 5.05. The predicted molar refractivity (Wildman–Crippen MR) is 71.9 cm³/mol. The van der Waals surface area contributed by atoms with Gasteiger partial charge >= 0.3 is 0 Å². The molecule has 90 valence electrons. The van der Waals surface area contributed by atoms with E-state index in [4.69, 9.17) is 10.5 Å². The fourth-order valence-electron chi connectivity index (χ4n) is 1.48. The Morgan fingerprint density at radius 3 is 2.50 bits per heavy atom. The fraction of sp³-hybridized carbons (Fsp3) is 0.538. The summed E-state index contributed by atoms with van der Waals surface area (Å²) >= 11 is 1.86. The van der Waals surface area contributed by atoms with Crippen molar-refractivity contribution in [2.24, 2.45) is 5.73 Å². The summed E-state index contributed by atoms with van der Waals surface area (Å²) in [6.07, 6.45) is 0. The second-order valence-corrected chi connectivity index (χ2v) is 5.49. The van der Waals surface area contributed by atoms with Gasteiger partial charge in [-0.25, -0.2) is 0 Å². The number of hydrogen-bond donors (Lipinski definition) is 1. The first-order valence-electron chi connectivity index (χ1n) is 5.58. The van der Waals surface area contributed by atoms with Crippen LogP contribution in [0.2, 0.25) is 0 Å². The van der Waals surface area contributed by atoms with E-state index in [1.807, 2.05) is 11.8 Å². The molecule has 0 spiro atoms. The van der Waals surface area contributed by atoms with Gasteiger partial charge in [-0.1, -0.05) is 36.8 Å². The van der Waals surface area contributed by atoms with E-state index in [1.54, 1.807) is 7.11 Å². The predicted octanol–water partition coefficient (Wildman–Crippen LogP) is 2.76. The van der Waals surface area contributed by atoms with Crippen molar-refractivity contribution in [3.05, 3.63) is 35.4 Å². The van der Waals surface area contributed by atoms with Crippen LogP contribution in [-0.2, 0) is 4.74 Å². The maximum Gasteiger partial charge on any atom is 0.0553 e. The number of rotatable bonds is 6. The molecule has 0 fully saturated rings. The molecule has 0 amide bonds. The van der Waals surface area contributed by atoms with Crippen LogP contribution in [0, 0.1) is 6.92 Å². The molecule has 0 bridgehead atoms. The van der Waals surface area contributed by atoms with E-state index >= 15 is 0 Å². The quantitative estimate of drug-likeness (QED) is 0.775. The zero-order valence-electron chi connectivity index (χ0n) is 10.3. The lowest BCUT2D eigenvalue weighted by Gasteiger charge is -2.19. The van der Waals surface area contributed by atoms with Gasteiger partial charge in [0.2, 0.25) is 0 Å². The van der Waals surface area contributed by atoms with Crippen molar-refractivity contribution in [1.29, 1.82) is 0 Å². The lowest BCUT2D eigenvalue weighted by molar-refractivity contribution is 0.218. The minimum absolute atomic E-state index is 0.0995. The Bertz CT molecular complexity index is 299. The molecule has 0 heterocycles. The summed E-state index contributed by atoms with van der Waals surface area (Å²) in [7, 11) is 1.73. The van der Waals surface area contributed by atoms with E-state index in [9.17, 15) is 0 Å². The zero-order chi connectivity index (χ0) is 12.0. The first-order valence-corrected chi connectivity index (χ1v) is 6.62. The van der Waals surface area contributed by atoms with Gasteiger partial charge in [0.15, 0.2) is 0 Å². The van der Waals surface area contributed by atoms with Crippen LogP contribution in [0.1, 0.15) is 24.1 Å². The number of ether oxygens (including phenoxy) is 1. The number of nitrogens with two attached hydrogens (primary N) is 1. The molecule has 2 N–H and O–H groups in total. The minimum Gasteiger partial charge on any atom is -0.384 e. The van der Waals surface area contributed by atoms with Crippen molar-refractivity contribution in [2.75, 3.05) is 19.5 Å². The average molecular weight is 239 g/mol. The van der Waals surface area contributed by atoms with Crippen molar-refractivity contribution in [1.82, 2.24) is 0 Å². The first kappa shape index (κ1) is 13.6. The second-order valence-electron chi connectivity index (χ2n) is 4.01. The zero-order valence-corrected chi connectivity index (χ0v) is 11.1. The smallest absolute Gasteiger partial charge is 0.0553 e. The molecule has 0 saturated carbocycles. The third-order valence-electron chi connectivity index (χ3n) is 2.64. The van der Waals surface area contributed by atoms with E-state index in [0.717, 1.165) is 12.4 Å². The summed E-state index contributed by atoms with van der Waals surface area (Å²) < 4.78 is 5.03. The number of aryl methyl sites for hydroxylation is 1. The molecular weight excluding hydrogens is 218 g/mol. The van der Waals surface area contributed by atoms with Crippen molar-refractivity contribution in [3.63, 3.8) is 0 Å². The van der Waals surface area contributed by atoms with Crippen LogP contribution in [0.25, 0.3) is 0 Å². The van der Waals surface area contributed by atoms with Crippen molar-refractivity contribution in [2.45, 2.75) is 25.1 Å². The summed E-state index contributed by atoms with van der Waals surface area (Å²) in [5.74, 6) is 0.997. The van der Waals surface area contributed by atoms with Crippen molar-refractivity contribution < 1.29 is 4.74 Å². The lowest BCUT2D eigenvalue weighted by atomic mass is 10.0. The standard InChI is InChI=1S/C13H21NOS/c1-10-4-6-12(7-5-10)13(14)11(2)16-9-8-15-3/h4-7,11,13H,8-9,14H2,1-3H3. The van der Waals surface area contributed by atoms with E-state index in [1.165, 1.54) is 11.1 Å². The van der Waals surface area contributed by atoms with Gasteiger partial charge in [-0.2, -0.15) is 11.8 Å². The number of hydrogen-bond acceptors (Lipinski definition) is 3. The third-order valence-corrected chi connectivity index (χ3v) is 3.86. The Hall–Kier alpha value is -0.510. The van der Waals surface area contributed by atoms with Crippen LogP contribution in [0.4, 0.5) is 0 Å². The molecule has 0 radical (unpaired) electrons. The van der Waals surface area contributed by atoms with Crippen LogP contribution in [-0.4, -0.2) is 24.7 Å². The van der Waals surface area contributed by atoms with Crippen LogP contribution < -0.4 is 5.73 Å². The highest BCUT2D eigenvalue weighted by molar-refractivity contribution is 7.99. The van der Waals surface area contributed by atoms with E-state index in [-0.39, 0.29) is 6.04 Å². The Balaban J connectivity index is 2.49.